The molecular weight excluding hydrogens is 391 g/mol. The number of anilines is 2. The Balaban J connectivity index is 1.96. The number of halogens is 1. The fourth-order valence-electron chi connectivity index (χ4n) is 2.97. The molecule has 29 heavy (non-hydrogen) atoms. The Morgan fingerprint density at radius 3 is 2.24 bits per heavy atom. The first-order valence-corrected chi connectivity index (χ1v) is 10.4. The molecule has 150 valence electrons. The van der Waals surface area contributed by atoms with Crippen molar-refractivity contribution in [2.45, 2.75) is 18.7 Å². The molecule has 0 aromatic heterocycles. The highest BCUT2D eigenvalue weighted by Gasteiger charge is 2.28. The molecule has 3 rings (SSSR count). The van der Waals surface area contributed by atoms with Crippen LogP contribution in [0.15, 0.2) is 77.7 Å². The van der Waals surface area contributed by atoms with E-state index in [1.807, 2.05) is 13.0 Å². The highest BCUT2D eigenvalue weighted by atomic mass is 32.2. The average Bonchev–Trinajstić information content (AvgIpc) is 2.69. The third kappa shape index (κ3) is 4.81. The Morgan fingerprint density at radius 1 is 0.966 bits per heavy atom. The second-order valence-corrected chi connectivity index (χ2v) is 8.53. The highest BCUT2D eigenvalue weighted by Crippen LogP contribution is 2.27. The van der Waals surface area contributed by atoms with Crippen molar-refractivity contribution in [2.75, 3.05) is 16.2 Å². The summed E-state index contributed by atoms with van der Waals surface area (Å²) in [7, 11) is -3.97. The van der Waals surface area contributed by atoms with Crippen molar-refractivity contribution in [3.8, 4) is 0 Å². The van der Waals surface area contributed by atoms with Gasteiger partial charge in [-0.15, -0.1) is 0 Å². The normalized spacial score (nSPS) is 11.1. The van der Waals surface area contributed by atoms with Crippen LogP contribution < -0.4 is 9.62 Å². The molecule has 0 unspecified atom stereocenters. The van der Waals surface area contributed by atoms with Crippen LogP contribution >= 0.6 is 0 Å². The summed E-state index contributed by atoms with van der Waals surface area (Å²) >= 11 is 0. The molecule has 0 aliphatic carbocycles. The summed E-state index contributed by atoms with van der Waals surface area (Å²) in [5.74, 6) is -0.956. The first kappa shape index (κ1) is 20.5. The lowest BCUT2D eigenvalue weighted by atomic mass is 10.1. The molecule has 3 aromatic rings. The Labute approximate surface area is 169 Å². The van der Waals surface area contributed by atoms with Crippen LogP contribution in [-0.4, -0.2) is 20.9 Å². The van der Waals surface area contributed by atoms with Gasteiger partial charge in [-0.05, 0) is 61.9 Å². The van der Waals surface area contributed by atoms with E-state index in [-0.39, 0.29) is 4.90 Å². The fraction of sp³-hybridized carbons (Fsp3) is 0.136. The summed E-state index contributed by atoms with van der Waals surface area (Å²) < 4.78 is 40.8. The van der Waals surface area contributed by atoms with Gasteiger partial charge in [0.05, 0.1) is 10.6 Å². The maximum atomic E-state index is 13.3. The van der Waals surface area contributed by atoms with Crippen LogP contribution in [0.25, 0.3) is 0 Å². The summed E-state index contributed by atoms with van der Waals surface area (Å²) in [6, 6.07) is 18.6. The topological polar surface area (TPSA) is 66.5 Å². The van der Waals surface area contributed by atoms with Crippen molar-refractivity contribution in [1.29, 1.82) is 0 Å². The molecular formula is C22H21FN2O3S. The van der Waals surface area contributed by atoms with E-state index < -0.39 is 28.3 Å². The van der Waals surface area contributed by atoms with Gasteiger partial charge in [0.25, 0.3) is 10.0 Å². The lowest BCUT2D eigenvalue weighted by Gasteiger charge is -2.26. The van der Waals surface area contributed by atoms with E-state index in [9.17, 15) is 17.6 Å². The summed E-state index contributed by atoms with van der Waals surface area (Å²) in [5, 5.41) is 2.61. The van der Waals surface area contributed by atoms with Crippen molar-refractivity contribution in [1.82, 2.24) is 0 Å². The molecule has 0 atom stereocenters. The Hall–Kier alpha value is -3.19. The number of nitrogens with one attached hydrogen (secondary N) is 1. The maximum Gasteiger partial charge on any atom is 0.264 e. The van der Waals surface area contributed by atoms with Gasteiger partial charge in [-0.1, -0.05) is 35.9 Å². The van der Waals surface area contributed by atoms with Gasteiger partial charge < -0.3 is 5.32 Å². The van der Waals surface area contributed by atoms with E-state index in [2.05, 4.69) is 5.32 Å². The Kier molecular flexibility index (Phi) is 5.98. The van der Waals surface area contributed by atoms with E-state index in [1.165, 1.54) is 36.4 Å². The second-order valence-electron chi connectivity index (χ2n) is 6.67. The summed E-state index contributed by atoms with van der Waals surface area (Å²) in [4.78, 5) is 12.7. The van der Waals surface area contributed by atoms with Gasteiger partial charge in [0.1, 0.15) is 12.4 Å². The summed E-state index contributed by atoms with van der Waals surface area (Å²) in [6.45, 7) is 3.29. The highest BCUT2D eigenvalue weighted by molar-refractivity contribution is 7.92. The van der Waals surface area contributed by atoms with Gasteiger partial charge in [0, 0.05) is 5.69 Å². The predicted molar refractivity (Wildman–Crippen MR) is 112 cm³/mol. The van der Waals surface area contributed by atoms with Gasteiger partial charge >= 0.3 is 0 Å². The molecule has 0 aliphatic rings. The zero-order valence-corrected chi connectivity index (χ0v) is 16.9. The molecule has 0 spiro atoms. The smallest absolute Gasteiger partial charge is 0.264 e. The first-order chi connectivity index (χ1) is 13.8. The number of carbonyl (C=O) groups is 1. The third-order valence-corrected chi connectivity index (χ3v) is 6.14. The van der Waals surface area contributed by atoms with Crippen LogP contribution in [0.4, 0.5) is 15.8 Å². The van der Waals surface area contributed by atoms with E-state index in [4.69, 9.17) is 0 Å². The number of aryl methyl sites for hydroxylation is 2. The first-order valence-electron chi connectivity index (χ1n) is 8.98. The van der Waals surface area contributed by atoms with Gasteiger partial charge in [-0.3, -0.25) is 9.10 Å². The van der Waals surface area contributed by atoms with Crippen molar-refractivity contribution in [3.63, 3.8) is 0 Å². The monoisotopic (exact) mass is 412 g/mol. The molecule has 0 bridgehead atoms. The number of rotatable bonds is 6. The molecule has 1 N–H and O–H groups in total. The average molecular weight is 412 g/mol. The van der Waals surface area contributed by atoms with Crippen molar-refractivity contribution in [3.05, 3.63) is 89.7 Å². The minimum absolute atomic E-state index is 0.0922. The fourth-order valence-corrected chi connectivity index (χ4v) is 4.48. The molecule has 5 nitrogen and oxygen atoms in total. The molecule has 0 radical (unpaired) electrons. The van der Waals surface area contributed by atoms with E-state index in [0.717, 1.165) is 15.4 Å². The molecule has 0 aliphatic heterocycles. The number of amides is 1. The minimum atomic E-state index is -3.97. The Bertz CT molecular complexity index is 1110. The van der Waals surface area contributed by atoms with Gasteiger partial charge in [0.2, 0.25) is 5.91 Å². The van der Waals surface area contributed by atoms with Crippen molar-refractivity contribution in [2.24, 2.45) is 0 Å². The van der Waals surface area contributed by atoms with Crippen LogP contribution in [0.1, 0.15) is 11.1 Å². The molecule has 0 saturated carbocycles. The summed E-state index contributed by atoms with van der Waals surface area (Å²) in [6.07, 6.45) is 0. The van der Waals surface area contributed by atoms with E-state index >= 15 is 0 Å². The number of carbonyl (C=O) groups excluding carboxylic acids is 1. The molecule has 0 heterocycles. The SMILES string of the molecule is Cc1ccc(N(CC(=O)Nc2ccc(F)cc2)S(=O)(=O)c2ccccc2)c(C)c1. The van der Waals surface area contributed by atoms with Crippen LogP contribution in [-0.2, 0) is 14.8 Å². The molecule has 0 fully saturated rings. The zero-order chi connectivity index (χ0) is 21.0. The van der Waals surface area contributed by atoms with Crippen molar-refractivity contribution >= 4 is 27.3 Å². The Morgan fingerprint density at radius 2 is 1.62 bits per heavy atom. The number of sulfonamides is 1. The van der Waals surface area contributed by atoms with Crippen LogP contribution in [0.5, 0.6) is 0 Å². The van der Waals surface area contributed by atoms with Crippen LogP contribution in [0, 0.1) is 19.7 Å². The van der Waals surface area contributed by atoms with Crippen LogP contribution in [0.3, 0.4) is 0 Å². The molecule has 7 heteroatoms. The van der Waals surface area contributed by atoms with Gasteiger partial charge in [-0.25, -0.2) is 12.8 Å². The number of hydrogen-bond donors (Lipinski definition) is 1. The minimum Gasteiger partial charge on any atom is -0.325 e. The summed E-state index contributed by atoms with van der Waals surface area (Å²) in [5.41, 5.74) is 2.53. The quantitative estimate of drug-likeness (QED) is 0.657. The van der Waals surface area contributed by atoms with Crippen molar-refractivity contribution < 1.29 is 17.6 Å². The predicted octanol–water partition coefficient (Wildman–Crippen LogP) is 4.28. The molecule has 0 saturated heterocycles. The van der Waals surface area contributed by atoms with E-state index in [0.29, 0.717) is 11.4 Å². The van der Waals surface area contributed by atoms with Crippen LogP contribution in [0.2, 0.25) is 0 Å². The second kappa shape index (κ2) is 8.45. The third-order valence-electron chi connectivity index (χ3n) is 4.37. The number of nitrogens with zero attached hydrogens (tertiary/aromatic N) is 1. The molecule has 1 amide bonds. The van der Waals surface area contributed by atoms with Gasteiger partial charge in [0.15, 0.2) is 0 Å². The molecule has 3 aromatic carbocycles. The van der Waals surface area contributed by atoms with Gasteiger partial charge in [-0.2, -0.15) is 0 Å². The lowest BCUT2D eigenvalue weighted by Crippen LogP contribution is -2.38. The van der Waals surface area contributed by atoms with E-state index in [1.54, 1.807) is 37.3 Å². The number of benzene rings is 3. The standard InChI is InChI=1S/C22H21FN2O3S/c1-16-8-13-21(17(2)14-16)25(29(27,28)20-6-4-3-5-7-20)15-22(26)24-19-11-9-18(23)10-12-19/h3-14H,15H2,1-2H3,(H,24,26). The zero-order valence-electron chi connectivity index (χ0n) is 16.1. The largest absolute Gasteiger partial charge is 0.325 e. The number of hydrogen-bond acceptors (Lipinski definition) is 3. The maximum absolute atomic E-state index is 13.3. The lowest BCUT2D eigenvalue weighted by molar-refractivity contribution is -0.114.